The first kappa shape index (κ1) is 16.5. The molecular formula is C19H20N2O2S. The maximum Gasteiger partial charge on any atom is 0.134 e. The van der Waals surface area contributed by atoms with Crippen molar-refractivity contribution in [1.82, 2.24) is 0 Å². The first-order valence-corrected chi connectivity index (χ1v) is 8.78. The summed E-state index contributed by atoms with van der Waals surface area (Å²) in [6, 6.07) is 7.93. The van der Waals surface area contributed by atoms with Crippen LogP contribution in [0.4, 0.5) is 5.00 Å². The van der Waals surface area contributed by atoms with E-state index in [1.165, 1.54) is 10.4 Å². The zero-order valence-corrected chi connectivity index (χ0v) is 14.9. The fourth-order valence-corrected chi connectivity index (χ4v) is 4.32. The van der Waals surface area contributed by atoms with Crippen LogP contribution in [0.15, 0.2) is 23.2 Å². The summed E-state index contributed by atoms with van der Waals surface area (Å²) in [5, 5.41) is 10.3. The molecule has 0 aliphatic heterocycles. The van der Waals surface area contributed by atoms with Crippen LogP contribution in [0.25, 0.3) is 0 Å². The van der Waals surface area contributed by atoms with Crippen molar-refractivity contribution < 1.29 is 9.47 Å². The van der Waals surface area contributed by atoms with Gasteiger partial charge >= 0.3 is 0 Å². The van der Waals surface area contributed by atoms with Gasteiger partial charge in [0.1, 0.15) is 22.6 Å². The third-order valence-electron chi connectivity index (χ3n) is 4.36. The topological polar surface area (TPSA) is 54.6 Å². The molecule has 0 amide bonds. The van der Waals surface area contributed by atoms with Crippen LogP contribution in [0.1, 0.15) is 34.9 Å². The average Bonchev–Trinajstić information content (AvgIpc) is 2.95. The van der Waals surface area contributed by atoms with Gasteiger partial charge in [-0.3, -0.25) is 0 Å². The van der Waals surface area contributed by atoms with Crippen LogP contribution in [0.3, 0.4) is 0 Å². The van der Waals surface area contributed by atoms with Gasteiger partial charge in [-0.1, -0.05) is 6.92 Å². The number of hydrogen-bond donors (Lipinski definition) is 0. The van der Waals surface area contributed by atoms with Crippen LogP contribution in [0, 0.1) is 17.2 Å². The molecule has 0 saturated heterocycles. The first-order valence-electron chi connectivity index (χ1n) is 7.97. The summed E-state index contributed by atoms with van der Waals surface area (Å²) in [7, 11) is 3.26. The smallest absolute Gasteiger partial charge is 0.134 e. The second kappa shape index (κ2) is 7.06. The molecule has 124 valence electrons. The van der Waals surface area contributed by atoms with Crippen molar-refractivity contribution in [1.29, 1.82) is 5.26 Å². The normalized spacial score (nSPS) is 16.7. The number of benzene rings is 1. The van der Waals surface area contributed by atoms with Gasteiger partial charge in [-0.05, 0) is 48.9 Å². The summed E-state index contributed by atoms with van der Waals surface area (Å²) < 4.78 is 10.6. The van der Waals surface area contributed by atoms with Crippen molar-refractivity contribution >= 4 is 22.6 Å². The predicted molar refractivity (Wildman–Crippen MR) is 97.0 cm³/mol. The SMILES string of the molecule is COc1ccc(OC)c(C=Nc2sc3c(c2C#N)CCC(C)C3)c1. The number of methoxy groups -OCH3 is 2. The molecule has 0 bridgehead atoms. The number of aliphatic imine (C=N–C) groups is 1. The van der Waals surface area contributed by atoms with Gasteiger partial charge in [0.15, 0.2) is 0 Å². The van der Waals surface area contributed by atoms with Crippen molar-refractivity contribution in [2.75, 3.05) is 14.2 Å². The van der Waals surface area contributed by atoms with Crippen molar-refractivity contribution in [2.24, 2.45) is 10.9 Å². The molecule has 0 fully saturated rings. The molecule has 1 aromatic carbocycles. The zero-order valence-electron chi connectivity index (χ0n) is 14.1. The number of rotatable bonds is 4. The van der Waals surface area contributed by atoms with Crippen molar-refractivity contribution in [3.8, 4) is 17.6 Å². The molecule has 1 aromatic heterocycles. The Kier molecular flexibility index (Phi) is 4.86. The lowest BCUT2D eigenvalue weighted by atomic mass is 9.89. The lowest BCUT2D eigenvalue weighted by molar-refractivity contribution is 0.402. The number of ether oxygens (including phenoxy) is 2. The number of thiophene rings is 1. The van der Waals surface area contributed by atoms with Crippen LogP contribution in [-0.2, 0) is 12.8 Å². The molecule has 1 aliphatic rings. The Balaban J connectivity index is 1.97. The van der Waals surface area contributed by atoms with E-state index >= 15 is 0 Å². The summed E-state index contributed by atoms with van der Waals surface area (Å²) in [6.07, 6.45) is 4.93. The molecule has 0 saturated carbocycles. The second-order valence-corrected chi connectivity index (χ2v) is 7.09. The van der Waals surface area contributed by atoms with Gasteiger partial charge in [0, 0.05) is 16.7 Å². The lowest BCUT2D eigenvalue weighted by Gasteiger charge is -2.17. The monoisotopic (exact) mass is 340 g/mol. The molecule has 5 heteroatoms. The van der Waals surface area contributed by atoms with Crippen LogP contribution in [0.2, 0.25) is 0 Å². The van der Waals surface area contributed by atoms with Gasteiger partial charge in [0.05, 0.1) is 19.8 Å². The summed E-state index contributed by atoms with van der Waals surface area (Å²) >= 11 is 1.64. The van der Waals surface area contributed by atoms with E-state index < -0.39 is 0 Å². The number of nitrogens with zero attached hydrogens (tertiary/aromatic N) is 2. The van der Waals surface area contributed by atoms with Crippen LogP contribution in [-0.4, -0.2) is 20.4 Å². The quantitative estimate of drug-likeness (QED) is 0.769. The number of fused-ring (bicyclic) bond motifs is 1. The molecule has 1 aliphatic carbocycles. The molecule has 24 heavy (non-hydrogen) atoms. The Labute approximate surface area is 146 Å². The van der Waals surface area contributed by atoms with Gasteiger partial charge in [0.25, 0.3) is 0 Å². The van der Waals surface area contributed by atoms with E-state index in [4.69, 9.17) is 9.47 Å². The van der Waals surface area contributed by atoms with E-state index in [0.29, 0.717) is 5.92 Å². The minimum absolute atomic E-state index is 0.679. The second-order valence-electron chi connectivity index (χ2n) is 6.01. The Hall–Kier alpha value is -2.32. The Bertz CT molecular complexity index is 818. The van der Waals surface area contributed by atoms with Crippen LogP contribution < -0.4 is 9.47 Å². The molecule has 1 unspecified atom stereocenters. The molecule has 1 atom stereocenters. The van der Waals surface area contributed by atoms with E-state index in [9.17, 15) is 5.26 Å². The average molecular weight is 340 g/mol. The minimum atomic E-state index is 0.679. The predicted octanol–water partition coefficient (Wildman–Crippen LogP) is 4.51. The van der Waals surface area contributed by atoms with Crippen LogP contribution >= 0.6 is 11.3 Å². The maximum atomic E-state index is 9.55. The molecular weight excluding hydrogens is 320 g/mol. The summed E-state index contributed by atoms with van der Waals surface area (Å²) in [5.41, 5.74) is 2.77. The molecule has 3 rings (SSSR count). The highest BCUT2D eigenvalue weighted by Crippen LogP contribution is 2.40. The zero-order chi connectivity index (χ0) is 17.1. The third kappa shape index (κ3) is 3.15. The van der Waals surface area contributed by atoms with E-state index in [2.05, 4.69) is 18.0 Å². The fourth-order valence-electron chi connectivity index (χ4n) is 3.01. The highest BCUT2D eigenvalue weighted by atomic mass is 32.1. The van der Waals surface area contributed by atoms with Crippen molar-refractivity contribution in [3.63, 3.8) is 0 Å². The highest BCUT2D eigenvalue weighted by molar-refractivity contribution is 7.16. The van der Waals surface area contributed by atoms with Gasteiger partial charge in [-0.2, -0.15) is 5.26 Å². The summed E-state index contributed by atoms with van der Waals surface area (Å²) in [4.78, 5) is 5.91. The summed E-state index contributed by atoms with van der Waals surface area (Å²) in [6.45, 7) is 2.26. The Morgan fingerprint density at radius 3 is 2.88 bits per heavy atom. The van der Waals surface area contributed by atoms with Gasteiger partial charge in [-0.25, -0.2) is 4.99 Å². The number of nitriles is 1. The van der Waals surface area contributed by atoms with Gasteiger partial charge in [0.2, 0.25) is 0 Å². The fraction of sp³-hybridized carbons (Fsp3) is 0.368. The highest BCUT2D eigenvalue weighted by Gasteiger charge is 2.23. The summed E-state index contributed by atoms with van der Waals surface area (Å²) in [5.74, 6) is 2.16. The largest absolute Gasteiger partial charge is 0.497 e. The maximum absolute atomic E-state index is 9.55. The first-order chi connectivity index (χ1) is 11.7. The Morgan fingerprint density at radius 2 is 2.17 bits per heavy atom. The van der Waals surface area contributed by atoms with E-state index in [-0.39, 0.29) is 0 Å². The molecule has 2 aromatic rings. The molecule has 0 N–H and O–H groups in total. The van der Waals surface area contributed by atoms with Crippen LogP contribution in [0.5, 0.6) is 11.5 Å². The minimum Gasteiger partial charge on any atom is -0.497 e. The molecule has 1 heterocycles. The van der Waals surface area contributed by atoms with E-state index in [0.717, 1.165) is 46.9 Å². The van der Waals surface area contributed by atoms with E-state index in [1.807, 2.05) is 18.2 Å². The number of hydrogen-bond acceptors (Lipinski definition) is 5. The molecule has 0 radical (unpaired) electrons. The standard InChI is InChI=1S/C19H20N2O2S/c1-12-4-6-15-16(10-20)19(24-18(15)8-12)21-11-13-9-14(22-2)5-7-17(13)23-3/h5,7,9,11-12H,4,6,8H2,1-3H3. The van der Waals surface area contributed by atoms with E-state index in [1.54, 1.807) is 31.8 Å². The molecule has 0 spiro atoms. The third-order valence-corrected chi connectivity index (χ3v) is 5.53. The Morgan fingerprint density at radius 1 is 1.33 bits per heavy atom. The van der Waals surface area contributed by atoms with Gasteiger partial charge in [-0.15, -0.1) is 11.3 Å². The van der Waals surface area contributed by atoms with Crippen molar-refractivity contribution in [2.45, 2.75) is 26.2 Å². The van der Waals surface area contributed by atoms with Gasteiger partial charge < -0.3 is 9.47 Å². The van der Waals surface area contributed by atoms with Crippen molar-refractivity contribution in [3.05, 3.63) is 39.8 Å². The molecule has 4 nitrogen and oxygen atoms in total. The lowest BCUT2D eigenvalue weighted by Crippen LogP contribution is -2.09.